The molecule has 27 heavy (non-hydrogen) atoms. The molecule has 7 heteroatoms. The van der Waals surface area contributed by atoms with Crippen molar-refractivity contribution in [2.75, 3.05) is 7.11 Å². The summed E-state index contributed by atoms with van der Waals surface area (Å²) in [4.78, 5) is 20.8. The van der Waals surface area contributed by atoms with Gasteiger partial charge in [0, 0.05) is 6.07 Å². The molecule has 7 nitrogen and oxygen atoms in total. The van der Waals surface area contributed by atoms with E-state index in [-0.39, 0.29) is 0 Å². The summed E-state index contributed by atoms with van der Waals surface area (Å²) in [6.45, 7) is 7.72. The largest absolute Gasteiger partial charge is 0.465 e. The Hall–Kier alpha value is -3.22. The molecule has 0 saturated heterocycles. The molecule has 3 aromatic rings. The second-order valence-corrected chi connectivity index (χ2v) is 6.24. The van der Waals surface area contributed by atoms with E-state index in [1.165, 1.54) is 13.3 Å². The van der Waals surface area contributed by atoms with Gasteiger partial charge in [0.15, 0.2) is 5.82 Å². The topological polar surface area (TPSA) is 79.1 Å². The first-order valence-electron chi connectivity index (χ1n) is 8.69. The van der Waals surface area contributed by atoms with E-state index < -0.39 is 5.97 Å². The van der Waals surface area contributed by atoms with Crippen molar-refractivity contribution < 1.29 is 14.3 Å². The van der Waals surface area contributed by atoms with Crippen molar-refractivity contribution in [2.45, 2.75) is 34.1 Å². The Kier molecular flexibility index (Phi) is 5.21. The van der Waals surface area contributed by atoms with Crippen molar-refractivity contribution in [1.29, 1.82) is 0 Å². The van der Waals surface area contributed by atoms with E-state index in [4.69, 9.17) is 9.47 Å². The van der Waals surface area contributed by atoms with Crippen LogP contribution in [-0.4, -0.2) is 32.8 Å². The standard InChI is InChI=1S/C20H22N4O3/c1-6-16-15(20(25)26-5)11-21-24(16)18-10-19(23-14(4)22-18)27-17-9-12(2)7-8-13(17)3/h7-11H,6H2,1-5H3. The number of aryl methyl sites for hydroxylation is 3. The fraction of sp³-hybridized carbons (Fsp3) is 0.300. The molecule has 0 fully saturated rings. The lowest BCUT2D eigenvalue weighted by atomic mass is 10.1. The van der Waals surface area contributed by atoms with Crippen LogP contribution in [-0.2, 0) is 11.2 Å². The third-order valence-electron chi connectivity index (χ3n) is 4.19. The van der Waals surface area contributed by atoms with Crippen LogP contribution in [0.5, 0.6) is 11.6 Å². The van der Waals surface area contributed by atoms with E-state index >= 15 is 0 Å². The molecule has 2 heterocycles. The summed E-state index contributed by atoms with van der Waals surface area (Å²) in [7, 11) is 1.35. The second kappa shape index (κ2) is 7.57. The number of ether oxygens (including phenoxy) is 2. The number of nitrogens with zero attached hydrogens (tertiary/aromatic N) is 4. The molecule has 0 bridgehead atoms. The summed E-state index contributed by atoms with van der Waals surface area (Å²) >= 11 is 0. The molecular weight excluding hydrogens is 344 g/mol. The molecule has 0 spiro atoms. The molecule has 0 unspecified atom stereocenters. The van der Waals surface area contributed by atoms with E-state index in [0.29, 0.717) is 29.5 Å². The van der Waals surface area contributed by atoms with E-state index in [2.05, 4.69) is 15.1 Å². The lowest BCUT2D eigenvalue weighted by Crippen LogP contribution is -2.09. The molecule has 0 N–H and O–H groups in total. The number of carbonyl (C=O) groups excluding carboxylic acids is 1. The monoisotopic (exact) mass is 366 g/mol. The van der Waals surface area contributed by atoms with Crippen LogP contribution in [0.25, 0.3) is 5.82 Å². The number of hydrogen-bond donors (Lipinski definition) is 0. The van der Waals surface area contributed by atoms with Gasteiger partial charge in [-0.15, -0.1) is 0 Å². The molecule has 140 valence electrons. The van der Waals surface area contributed by atoms with Gasteiger partial charge in [-0.05, 0) is 44.4 Å². The first-order valence-corrected chi connectivity index (χ1v) is 8.69. The van der Waals surface area contributed by atoms with Crippen LogP contribution in [0.15, 0.2) is 30.5 Å². The number of carbonyl (C=O) groups is 1. The zero-order valence-electron chi connectivity index (χ0n) is 16.1. The lowest BCUT2D eigenvalue weighted by Gasteiger charge is -2.12. The van der Waals surface area contributed by atoms with Crippen LogP contribution < -0.4 is 4.74 Å². The zero-order chi connectivity index (χ0) is 19.6. The maximum Gasteiger partial charge on any atom is 0.341 e. The number of methoxy groups -OCH3 is 1. The van der Waals surface area contributed by atoms with Crippen molar-refractivity contribution >= 4 is 5.97 Å². The SMILES string of the molecule is CCc1c(C(=O)OC)cnn1-c1cc(Oc2cc(C)ccc2C)nc(C)n1. The van der Waals surface area contributed by atoms with Gasteiger partial charge < -0.3 is 9.47 Å². The fourth-order valence-electron chi connectivity index (χ4n) is 2.81. The van der Waals surface area contributed by atoms with Gasteiger partial charge in [-0.25, -0.2) is 14.5 Å². The van der Waals surface area contributed by atoms with Crippen LogP contribution in [0.4, 0.5) is 0 Å². The predicted molar refractivity (Wildman–Crippen MR) is 101 cm³/mol. The van der Waals surface area contributed by atoms with Crippen LogP contribution in [0.3, 0.4) is 0 Å². The Morgan fingerprint density at radius 2 is 1.93 bits per heavy atom. The third-order valence-corrected chi connectivity index (χ3v) is 4.19. The molecular formula is C20H22N4O3. The highest BCUT2D eigenvalue weighted by Crippen LogP contribution is 2.26. The molecule has 0 aliphatic heterocycles. The van der Waals surface area contributed by atoms with E-state index in [1.54, 1.807) is 17.7 Å². The van der Waals surface area contributed by atoms with Crippen LogP contribution in [0.2, 0.25) is 0 Å². The summed E-state index contributed by atoms with van der Waals surface area (Å²) in [5, 5.41) is 4.32. The number of benzene rings is 1. The van der Waals surface area contributed by atoms with Crippen molar-refractivity contribution in [3.63, 3.8) is 0 Å². The average Bonchev–Trinajstić information content (AvgIpc) is 3.07. The highest BCUT2D eigenvalue weighted by atomic mass is 16.5. The molecule has 3 rings (SSSR count). The van der Waals surface area contributed by atoms with Crippen LogP contribution in [0, 0.1) is 20.8 Å². The normalized spacial score (nSPS) is 10.7. The number of rotatable bonds is 5. The minimum absolute atomic E-state index is 0.420. The van der Waals surface area contributed by atoms with Gasteiger partial charge in [0.25, 0.3) is 0 Å². The number of esters is 1. The number of hydrogen-bond acceptors (Lipinski definition) is 6. The van der Waals surface area contributed by atoms with Crippen molar-refractivity contribution in [1.82, 2.24) is 19.7 Å². The Morgan fingerprint density at radius 1 is 1.15 bits per heavy atom. The maximum absolute atomic E-state index is 11.9. The smallest absolute Gasteiger partial charge is 0.341 e. The molecule has 1 aromatic carbocycles. The van der Waals surface area contributed by atoms with Crippen molar-refractivity contribution in [3.8, 4) is 17.4 Å². The highest BCUT2D eigenvalue weighted by molar-refractivity contribution is 5.90. The summed E-state index contributed by atoms with van der Waals surface area (Å²) in [6.07, 6.45) is 2.09. The molecule has 0 amide bonds. The summed E-state index contributed by atoms with van der Waals surface area (Å²) < 4.78 is 12.4. The fourth-order valence-corrected chi connectivity index (χ4v) is 2.81. The minimum Gasteiger partial charge on any atom is -0.465 e. The molecule has 2 aromatic heterocycles. The minimum atomic E-state index is -0.421. The summed E-state index contributed by atoms with van der Waals surface area (Å²) in [5.74, 6) is 1.82. The highest BCUT2D eigenvalue weighted by Gasteiger charge is 2.19. The van der Waals surface area contributed by atoms with E-state index in [0.717, 1.165) is 22.6 Å². The van der Waals surface area contributed by atoms with Gasteiger partial charge in [0.1, 0.15) is 17.1 Å². The zero-order valence-corrected chi connectivity index (χ0v) is 16.1. The van der Waals surface area contributed by atoms with Crippen LogP contribution in [0.1, 0.15) is 39.9 Å². The Bertz CT molecular complexity index is 995. The van der Waals surface area contributed by atoms with Gasteiger partial charge in [0.2, 0.25) is 5.88 Å². The van der Waals surface area contributed by atoms with Gasteiger partial charge >= 0.3 is 5.97 Å². The second-order valence-electron chi connectivity index (χ2n) is 6.24. The molecule has 0 aliphatic carbocycles. The predicted octanol–water partition coefficient (Wildman–Crippen LogP) is 3.73. The van der Waals surface area contributed by atoms with Crippen molar-refractivity contribution in [2.24, 2.45) is 0 Å². The van der Waals surface area contributed by atoms with E-state index in [1.807, 2.05) is 39.0 Å². The first-order chi connectivity index (χ1) is 12.9. The average molecular weight is 366 g/mol. The van der Waals surface area contributed by atoms with Crippen molar-refractivity contribution in [3.05, 3.63) is 58.7 Å². The van der Waals surface area contributed by atoms with Gasteiger partial charge in [-0.1, -0.05) is 19.1 Å². The molecule has 0 atom stereocenters. The van der Waals surface area contributed by atoms with Gasteiger partial charge in [-0.3, -0.25) is 0 Å². The molecule has 0 aliphatic rings. The Labute approximate surface area is 158 Å². The van der Waals surface area contributed by atoms with Gasteiger partial charge in [0.05, 0.1) is 19.0 Å². The molecule has 0 radical (unpaired) electrons. The number of aromatic nitrogens is 4. The third kappa shape index (κ3) is 3.81. The lowest BCUT2D eigenvalue weighted by molar-refractivity contribution is 0.0599. The first kappa shape index (κ1) is 18.6. The molecule has 0 saturated carbocycles. The summed E-state index contributed by atoms with van der Waals surface area (Å²) in [6, 6.07) is 7.71. The Morgan fingerprint density at radius 3 is 2.63 bits per heavy atom. The maximum atomic E-state index is 11.9. The van der Waals surface area contributed by atoms with Crippen LogP contribution >= 0.6 is 0 Å². The summed E-state index contributed by atoms with van der Waals surface area (Å²) in [5.41, 5.74) is 3.26. The quantitative estimate of drug-likeness (QED) is 0.640. The Balaban J connectivity index is 2.03. The van der Waals surface area contributed by atoms with Gasteiger partial charge in [-0.2, -0.15) is 10.1 Å². The van der Waals surface area contributed by atoms with E-state index in [9.17, 15) is 4.79 Å².